The van der Waals surface area contributed by atoms with Gasteiger partial charge in [0.2, 0.25) is 0 Å². The third-order valence-corrected chi connectivity index (χ3v) is 6.03. The van der Waals surface area contributed by atoms with Crippen molar-refractivity contribution in [1.29, 1.82) is 0 Å². The molecular weight excluding hydrogens is 324 g/mol. The van der Waals surface area contributed by atoms with E-state index in [1.807, 2.05) is 12.1 Å². The zero-order chi connectivity index (χ0) is 17.9. The molecule has 4 nitrogen and oxygen atoms in total. The Labute approximate surface area is 154 Å². The van der Waals surface area contributed by atoms with Crippen LogP contribution in [0.25, 0.3) is 0 Å². The first-order valence-corrected chi connectivity index (χ1v) is 9.64. The molecule has 4 heteroatoms. The van der Waals surface area contributed by atoms with Crippen LogP contribution in [0.5, 0.6) is 0 Å². The normalized spacial score (nSPS) is 22.1. The van der Waals surface area contributed by atoms with Gasteiger partial charge in [-0.2, -0.15) is 0 Å². The van der Waals surface area contributed by atoms with Gasteiger partial charge < -0.3 is 4.90 Å². The van der Waals surface area contributed by atoms with Crippen LogP contribution >= 0.6 is 0 Å². The van der Waals surface area contributed by atoms with Gasteiger partial charge in [-0.25, -0.2) is 5.48 Å². The minimum Gasteiger partial charge on any atom is -0.364 e. The number of hydrogen-bond donors (Lipinski definition) is 2. The van der Waals surface area contributed by atoms with Gasteiger partial charge in [-0.05, 0) is 60.9 Å². The summed E-state index contributed by atoms with van der Waals surface area (Å²) in [5.41, 5.74) is 6.19. The van der Waals surface area contributed by atoms with Crippen LogP contribution in [-0.4, -0.2) is 17.2 Å². The van der Waals surface area contributed by atoms with Gasteiger partial charge in [0.25, 0.3) is 5.91 Å². The lowest BCUT2D eigenvalue weighted by Crippen LogP contribution is -2.41. The summed E-state index contributed by atoms with van der Waals surface area (Å²) in [4.78, 5) is 14.1. The minimum absolute atomic E-state index is 0.469. The molecule has 26 heavy (non-hydrogen) atoms. The van der Waals surface area contributed by atoms with E-state index in [0.29, 0.717) is 11.6 Å². The second kappa shape index (κ2) is 7.50. The zero-order valence-electron chi connectivity index (χ0n) is 15.0. The number of carbonyl (C=O) groups is 1. The Hall–Kier alpha value is -2.33. The predicted molar refractivity (Wildman–Crippen MR) is 102 cm³/mol. The van der Waals surface area contributed by atoms with Gasteiger partial charge in [0.05, 0.1) is 0 Å². The van der Waals surface area contributed by atoms with Crippen molar-refractivity contribution in [2.24, 2.45) is 5.92 Å². The summed E-state index contributed by atoms with van der Waals surface area (Å²) in [5, 5.41) is 8.78. The van der Waals surface area contributed by atoms with Gasteiger partial charge in [0.1, 0.15) is 0 Å². The SMILES string of the molecule is O=C(NO)c1ccc(CN2c3ccccc3CC[C@@H]3CCCC[C@H]32)cc1. The summed E-state index contributed by atoms with van der Waals surface area (Å²) in [6, 6.07) is 17.0. The first kappa shape index (κ1) is 17.1. The fourth-order valence-electron chi connectivity index (χ4n) is 4.68. The fourth-order valence-corrected chi connectivity index (χ4v) is 4.68. The number of anilines is 1. The largest absolute Gasteiger partial charge is 0.364 e. The van der Waals surface area contributed by atoms with Crippen molar-refractivity contribution in [1.82, 2.24) is 5.48 Å². The Morgan fingerprint density at radius 2 is 1.81 bits per heavy atom. The lowest BCUT2D eigenvalue weighted by molar-refractivity contribution is 0.0706. The summed E-state index contributed by atoms with van der Waals surface area (Å²) >= 11 is 0. The first-order chi connectivity index (χ1) is 12.8. The molecule has 1 fully saturated rings. The van der Waals surface area contributed by atoms with Crippen LogP contribution in [0.1, 0.15) is 53.6 Å². The highest BCUT2D eigenvalue weighted by Crippen LogP contribution is 2.40. The van der Waals surface area contributed by atoms with Crippen molar-refractivity contribution in [3.05, 3.63) is 65.2 Å². The lowest BCUT2D eigenvalue weighted by atomic mass is 9.81. The Bertz CT molecular complexity index is 772. The third kappa shape index (κ3) is 3.34. The van der Waals surface area contributed by atoms with Crippen molar-refractivity contribution in [3.63, 3.8) is 0 Å². The number of amides is 1. The maximum Gasteiger partial charge on any atom is 0.274 e. The maximum absolute atomic E-state index is 11.5. The number of rotatable bonds is 3. The van der Waals surface area contributed by atoms with E-state index in [9.17, 15) is 4.79 Å². The van der Waals surface area contributed by atoms with Crippen molar-refractivity contribution in [3.8, 4) is 0 Å². The highest BCUT2D eigenvalue weighted by atomic mass is 16.5. The molecule has 0 unspecified atom stereocenters. The molecule has 2 atom stereocenters. The Morgan fingerprint density at radius 1 is 1.04 bits per heavy atom. The molecule has 2 aromatic carbocycles. The summed E-state index contributed by atoms with van der Waals surface area (Å²) in [6.07, 6.45) is 7.73. The molecule has 0 spiro atoms. The Balaban J connectivity index is 1.64. The van der Waals surface area contributed by atoms with Gasteiger partial charge >= 0.3 is 0 Å². The van der Waals surface area contributed by atoms with E-state index < -0.39 is 5.91 Å². The van der Waals surface area contributed by atoms with Crippen LogP contribution < -0.4 is 10.4 Å². The second-order valence-electron chi connectivity index (χ2n) is 7.55. The standard InChI is InChI=1S/C22H26N2O2/c25-22(23-26)19-11-9-16(10-12-19)15-24-20-7-3-1-5-17(20)13-14-18-6-2-4-8-21(18)24/h1,3,5,7,9-12,18,21,26H,2,4,6,8,13-15H2,(H,23,25)/t18-,21+/m0/s1. The molecule has 4 rings (SSSR count). The zero-order valence-corrected chi connectivity index (χ0v) is 15.0. The quantitative estimate of drug-likeness (QED) is 0.640. The van der Waals surface area contributed by atoms with Gasteiger partial charge in [-0.15, -0.1) is 0 Å². The van der Waals surface area contributed by atoms with Crippen LogP contribution in [0.2, 0.25) is 0 Å². The molecule has 1 aliphatic carbocycles. The number of carbonyl (C=O) groups excluding carboxylic acids is 1. The van der Waals surface area contributed by atoms with Crippen LogP contribution in [-0.2, 0) is 13.0 Å². The van der Waals surface area contributed by atoms with E-state index in [2.05, 4.69) is 29.2 Å². The summed E-state index contributed by atoms with van der Waals surface area (Å²) in [7, 11) is 0. The number of nitrogens with one attached hydrogen (secondary N) is 1. The number of hydroxylamine groups is 1. The van der Waals surface area contributed by atoms with Gasteiger partial charge in [-0.1, -0.05) is 43.2 Å². The molecule has 1 aliphatic heterocycles. The van der Waals surface area contributed by atoms with Crippen LogP contribution in [0.3, 0.4) is 0 Å². The van der Waals surface area contributed by atoms with Crippen molar-refractivity contribution in [2.75, 3.05) is 4.90 Å². The van der Waals surface area contributed by atoms with Crippen LogP contribution in [0.15, 0.2) is 48.5 Å². The number of fused-ring (bicyclic) bond motifs is 2. The molecule has 0 radical (unpaired) electrons. The average molecular weight is 350 g/mol. The third-order valence-electron chi connectivity index (χ3n) is 6.03. The molecule has 2 aromatic rings. The number of aryl methyl sites for hydroxylation is 1. The number of hydrogen-bond acceptors (Lipinski definition) is 3. The number of para-hydroxylation sites is 1. The summed E-state index contributed by atoms with van der Waals surface area (Å²) < 4.78 is 0. The van der Waals surface area contributed by atoms with Crippen LogP contribution in [0.4, 0.5) is 5.69 Å². The highest BCUT2D eigenvalue weighted by molar-refractivity contribution is 5.93. The monoisotopic (exact) mass is 350 g/mol. The summed E-state index contributed by atoms with van der Waals surface area (Å²) in [6.45, 7) is 0.860. The molecular formula is C22H26N2O2. The van der Waals surface area contributed by atoms with Crippen molar-refractivity contribution in [2.45, 2.75) is 51.1 Å². The Morgan fingerprint density at radius 3 is 2.62 bits per heavy atom. The smallest absolute Gasteiger partial charge is 0.274 e. The van der Waals surface area contributed by atoms with Gasteiger partial charge in [0.15, 0.2) is 0 Å². The predicted octanol–water partition coefficient (Wildman–Crippen LogP) is 4.32. The van der Waals surface area contributed by atoms with E-state index in [4.69, 9.17) is 5.21 Å². The Kier molecular flexibility index (Phi) is 4.93. The molecule has 2 N–H and O–H groups in total. The first-order valence-electron chi connectivity index (χ1n) is 9.64. The molecule has 2 aliphatic rings. The van der Waals surface area contributed by atoms with E-state index in [-0.39, 0.29) is 0 Å². The number of nitrogens with zero attached hydrogens (tertiary/aromatic N) is 1. The van der Waals surface area contributed by atoms with E-state index in [1.165, 1.54) is 55.3 Å². The molecule has 1 heterocycles. The molecule has 1 saturated carbocycles. The van der Waals surface area contributed by atoms with E-state index >= 15 is 0 Å². The average Bonchev–Trinajstić information content (AvgIpc) is 2.86. The lowest BCUT2D eigenvalue weighted by Gasteiger charge is -2.40. The second-order valence-corrected chi connectivity index (χ2v) is 7.55. The van der Waals surface area contributed by atoms with Crippen LogP contribution in [0, 0.1) is 5.92 Å². The maximum atomic E-state index is 11.5. The topological polar surface area (TPSA) is 52.6 Å². The van der Waals surface area contributed by atoms with E-state index in [1.54, 1.807) is 17.6 Å². The minimum atomic E-state index is -0.469. The van der Waals surface area contributed by atoms with Gasteiger partial charge in [-0.3, -0.25) is 10.0 Å². The summed E-state index contributed by atoms with van der Waals surface area (Å²) in [5.74, 6) is 0.305. The molecule has 0 bridgehead atoms. The van der Waals surface area contributed by atoms with Gasteiger partial charge in [0, 0.05) is 23.8 Å². The highest BCUT2D eigenvalue weighted by Gasteiger charge is 2.33. The number of benzene rings is 2. The van der Waals surface area contributed by atoms with Crippen molar-refractivity contribution < 1.29 is 10.0 Å². The molecule has 0 aromatic heterocycles. The van der Waals surface area contributed by atoms with Crippen molar-refractivity contribution >= 4 is 11.6 Å². The molecule has 1 amide bonds. The fraction of sp³-hybridized carbons (Fsp3) is 0.409. The molecule has 136 valence electrons. The van der Waals surface area contributed by atoms with E-state index in [0.717, 1.165) is 12.5 Å². The molecule has 0 saturated heterocycles.